The van der Waals surface area contributed by atoms with Crippen molar-refractivity contribution in [3.05, 3.63) is 16.1 Å². The lowest BCUT2D eigenvalue weighted by atomic mass is 9.93. The van der Waals surface area contributed by atoms with Gasteiger partial charge in [0.2, 0.25) is 0 Å². The van der Waals surface area contributed by atoms with E-state index in [1.165, 1.54) is 29.3 Å². The van der Waals surface area contributed by atoms with Crippen LogP contribution in [0.15, 0.2) is 10.4 Å². The van der Waals surface area contributed by atoms with Crippen LogP contribution >= 0.6 is 23.1 Å². The quantitative estimate of drug-likeness (QED) is 0.628. The maximum absolute atomic E-state index is 4.74. The Bertz CT molecular complexity index is 525. The second-order valence-electron chi connectivity index (χ2n) is 7.38. The largest absolute Gasteiger partial charge is 0.356 e. The summed E-state index contributed by atoms with van der Waals surface area (Å²) in [5.74, 6) is 2.18. The summed E-state index contributed by atoms with van der Waals surface area (Å²) in [7, 11) is 1.83. The summed E-state index contributed by atoms with van der Waals surface area (Å²) in [6, 6.07) is 0. The van der Waals surface area contributed by atoms with Gasteiger partial charge in [-0.1, -0.05) is 20.8 Å². The fourth-order valence-corrected chi connectivity index (χ4v) is 4.79. The Morgan fingerprint density at radius 3 is 2.74 bits per heavy atom. The van der Waals surface area contributed by atoms with Gasteiger partial charge in [-0.15, -0.1) is 11.3 Å². The van der Waals surface area contributed by atoms with E-state index in [-0.39, 0.29) is 5.41 Å². The van der Waals surface area contributed by atoms with Crippen molar-refractivity contribution in [3.8, 4) is 0 Å². The molecule has 2 N–H and O–H groups in total. The van der Waals surface area contributed by atoms with E-state index in [2.05, 4.69) is 60.5 Å². The van der Waals surface area contributed by atoms with Crippen LogP contribution in [0.5, 0.6) is 0 Å². The molecule has 2 heterocycles. The number of aromatic nitrogens is 1. The van der Waals surface area contributed by atoms with Gasteiger partial charge in [-0.25, -0.2) is 4.98 Å². The number of thiazole rings is 1. The van der Waals surface area contributed by atoms with Gasteiger partial charge in [-0.3, -0.25) is 4.99 Å². The van der Waals surface area contributed by atoms with E-state index in [0.717, 1.165) is 25.5 Å². The number of rotatable bonds is 5. The van der Waals surface area contributed by atoms with Crippen molar-refractivity contribution in [2.45, 2.75) is 57.1 Å². The molecule has 1 aromatic heterocycles. The predicted octanol–water partition coefficient (Wildman–Crippen LogP) is 3.43. The summed E-state index contributed by atoms with van der Waals surface area (Å²) in [6.07, 6.45) is 3.55. The van der Waals surface area contributed by atoms with E-state index in [1.54, 1.807) is 11.3 Å². The van der Waals surface area contributed by atoms with Crippen molar-refractivity contribution in [1.29, 1.82) is 0 Å². The van der Waals surface area contributed by atoms with Crippen LogP contribution in [0.2, 0.25) is 0 Å². The average molecular weight is 355 g/mol. The number of hydrogen-bond donors (Lipinski definition) is 2. The number of nitrogens with one attached hydrogen (secondary N) is 2. The van der Waals surface area contributed by atoms with Gasteiger partial charge in [0.25, 0.3) is 0 Å². The first kappa shape index (κ1) is 18.6. The molecular weight excluding hydrogens is 324 g/mol. The number of aliphatic imine (C=N–C) groups is 1. The van der Waals surface area contributed by atoms with Crippen LogP contribution < -0.4 is 10.6 Å². The van der Waals surface area contributed by atoms with Crippen molar-refractivity contribution >= 4 is 29.1 Å². The first-order chi connectivity index (χ1) is 10.8. The highest BCUT2D eigenvalue weighted by atomic mass is 32.2. The Kier molecular flexibility index (Phi) is 6.37. The molecule has 2 rings (SSSR count). The first-order valence-corrected chi connectivity index (χ1v) is 10.2. The lowest BCUT2D eigenvalue weighted by Gasteiger charge is -2.24. The SMILES string of the molecule is CN=C(NCCc1nc(C(C)(C)C)cs1)NCC1(C)CCCS1. The number of nitrogens with zero attached hydrogens (tertiary/aromatic N) is 2. The molecule has 4 nitrogen and oxygen atoms in total. The minimum Gasteiger partial charge on any atom is -0.356 e. The number of guanidine groups is 1. The standard InChI is InChI=1S/C17H30N4S2/c1-16(2,3)13-11-22-14(21-13)7-9-19-15(18-5)20-12-17(4)8-6-10-23-17/h11H,6-10,12H2,1-5H3,(H2,18,19,20). The van der Waals surface area contributed by atoms with Crippen molar-refractivity contribution in [2.75, 3.05) is 25.9 Å². The Morgan fingerprint density at radius 2 is 2.17 bits per heavy atom. The molecule has 0 amide bonds. The van der Waals surface area contributed by atoms with Gasteiger partial charge in [0.1, 0.15) is 0 Å². The van der Waals surface area contributed by atoms with Crippen molar-refractivity contribution in [2.24, 2.45) is 4.99 Å². The molecule has 23 heavy (non-hydrogen) atoms. The van der Waals surface area contributed by atoms with Gasteiger partial charge in [0.05, 0.1) is 10.7 Å². The molecule has 1 unspecified atom stereocenters. The fraction of sp³-hybridized carbons (Fsp3) is 0.765. The van der Waals surface area contributed by atoms with Gasteiger partial charge >= 0.3 is 0 Å². The molecule has 0 saturated carbocycles. The second kappa shape index (κ2) is 7.88. The normalized spacial score (nSPS) is 22.4. The molecule has 1 aliphatic heterocycles. The van der Waals surface area contributed by atoms with Crippen LogP contribution in [-0.2, 0) is 11.8 Å². The Hall–Kier alpha value is -0.750. The predicted molar refractivity (Wildman–Crippen MR) is 104 cm³/mol. The van der Waals surface area contributed by atoms with E-state index in [9.17, 15) is 0 Å². The zero-order valence-electron chi connectivity index (χ0n) is 15.0. The summed E-state index contributed by atoms with van der Waals surface area (Å²) >= 11 is 3.82. The third kappa shape index (κ3) is 5.68. The third-order valence-electron chi connectivity index (χ3n) is 4.11. The maximum Gasteiger partial charge on any atom is 0.191 e. The van der Waals surface area contributed by atoms with Gasteiger partial charge in [0, 0.05) is 42.1 Å². The molecule has 1 atom stereocenters. The van der Waals surface area contributed by atoms with E-state index >= 15 is 0 Å². The smallest absolute Gasteiger partial charge is 0.191 e. The summed E-state index contributed by atoms with van der Waals surface area (Å²) in [5, 5.41) is 10.2. The molecule has 0 spiro atoms. The average Bonchev–Trinajstić information content (AvgIpc) is 3.12. The van der Waals surface area contributed by atoms with Crippen LogP contribution in [0.25, 0.3) is 0 Å². The molecule has 0 aromatic carbocycles. The Morgan fingerprint density at radius 1 is 1.39 bits per heavy atom. The van der Waals surface area contributed by atoms with E-state index in [1.807, 2.05) is 7.05 Å². The van der Waals surface area contributed by atoms with E-state index in [0.29, 0.717) is 4.75 Å². The minimum atomic E-state index is 0.133. The summed E-state index contributed by atoms with van der Waals surface area (Å²) in [6.45, 7) is 10.8. The summed E-state index contributed by atoms with van der Waals surface area (Å²) in [4.78, 5) is 9.06. The molecule has 6 heteroatoms. The zero-order valence-corrected chi connectivity index (χ0v) is 16.7. The molecule has 0 bridgehead atoms. The molecule has 0 radical (unpaired) electrons. The highest BCUT2D eigenvalue weighted by molar-refractivity contribution is 8.00. The fourth-order valence-electron chi connectivity index (χ4n) is 2.53. The monoisotopic (exact) mass is 354 g/mol. The number of thioether (sulfide) groups is 1. The molecule has 0 aliphatic carbocycles. The van der Waals surface area contributed by atoms with Gasteiger partial charge in [-0.2, -0.15) is 11.8 Å². The van der Waals surface area contributed by atoms with Gasteiger partial charge < -0.3 is 10.6 Å². The lowest BCUT2D eigenvalue weighted by Crippen LogP contribution is -2.44. The lowest BCUT2D eigenvalue weighted by molar-refractivity contribution is 0.570. The molecular formula is C17H30N4S2. The maximum atomic E-state index is 4.74. The first-order valence-electron chi connectivity index (χ1n) is 8.36. The zero-order chi connectivity index (χ0) is 16.9. The van der Waals surface area contributed by atoms with Crippen LogP contribution in [0.3, 0.4) is 0 Å². The van der Waals surface area contributed by atoms with Crippen LogP contribution in [0.4, 0.5) is 0 Å². The number of hydrogen-bond acceptors (Lipinski definition) is 4. The van der Waals surface area contributed by atoms with E-state index in [4.69, 9.17) is 4.98 Å². The molecule has 130 valence electrons. The van der Waals surface area contributed by atoms with Crippen LogP contribution in [0.1, 0.15) is 51.2 Å². The Balaban J connectivity index is 1.74. The highest BCUT2D eigenvalue weighted by Gasteiger charge is 2.29. The van der Waals surface area contributed by atoms with Gasteiger partial charge in [0.15, 0.2) is 5.96 Å². The van der Waals surface area contributed by atoms with Crippen LogP contribution in [-0.4, -0.2) is 41.6 Å². The van der Waals surface area contributed by atoms with Gasteiger partial charge in [-0.05, 0) is 25.5 Å². The second-order valence-corrected chi connectivity index (χ2v) is 10.0. The summed E-state index contributed by atoms with van der Waals surface area (Å²) in [5.41, 5.74) is 1.32. The minimum absolute atomic E-state index is 0.133. The Labute approximate surface area is 149 Å². The highest BCUT2D eigenvalue weighted by Crippen LogP contribution is 2.36. The summed E-state index contributed by atoms with van der Waals surface area (Å²) < 4.78 is 0.356. The molecule has 1 aromatic rings. The van der Waals surface area contributed by atoms with Crippen LogP contribution in [0, 0.1) is 0 Å². The molecule has 1 aliphatic rings. The van der Waals surface area contributed by atoms with Crippen molar-refractivity contribution < 1.29 is 0 Å². The topological polar surface area (TPSA) is 49.3 Å². The van der Waals surface area contributed by atoms with E-state index < -0.39 is 0 Å². The van der Waals surface area contributed by atoms with Crippen molar-refractivity contribution in [1.82, 2.24) is 15.6 Å². The third-order valence-corrected chi connectivity index (χ3v) is 6.55. The molecule has 1 saturated heterocycles. The van der Waals surface area contributed by atoms with Crippen molar-refractivity contribution in [3.63, 3.8) is 0 Å². The molecule has 1 fully saturated rings.